The van der Waals surface area contributed by atoms with Crippen LogP contribution >= 0.6 is 11.8 Å². The normalized spacial score (nSPS) is 21.1. The maximum absolute atomic E-state index is 12.2. The average Bonchev–Trinajstić information content (AvgIpc) is 2.21. The molecule has 2 aliphatic rings. The van der Waals surface area contributed by atoms with Crippen LogP contribution in [0, 0.1) is 5.41 Å². The molecule has 0 aromatic carbocycles. The Morgan fingerprint density at radius 2 is 1.88 bits per heavy atom. The lowest BCUT2D eigenvalue weighted by Crippen LogP contribution is -2.38. The summed E-state index contributed by atoms with van der Waals surface area (Å²) in [5.41, 5.74) is 0.280. The molecule has 0 aromatic rings. The van der Waals surface area contributed by atoms with Crippen LogP contribution in [-0.2, 0) is 14.4 Å². The molecule has 1 heterocycles. The van der Waals surface area contributed by atoms with Crippen LogP contribution in [0.3, 0.4) is 0 Å². The maximum atomic E-state index is 12.2. The number of hydrogen-bond donors (Lipinski definition) is 1. The summed E-state index contributed by atoms with van der Waals surface area (Å²) in [5.74, 6) is -0.473. The number of carbonyl (C=O) groups is 3. The molecule has 1 amide bonds. The van der Waals surface area contributed by atoms with E-state index in [1.807, 2.05) is 20.8 Å². The number of ketones is 2. The van der Waals surface area contributed by atoms with Gasteiger partial charge in [0.15, 0.2) is 5.78 Å². The first kappa shape index (κ1) is 12.1. The van der Waals surface area contributed by atoms with Crippen molar-refractivity contribution >= 4 is 29.2 Å². The molecule has 4 nitrogen and oxygen atoms in total. The number of Topliss-reactive ketones (excluding diaryl/α,β-unsaturated/α-hetero) is 1. The predicted molar refractivity (Wildman–Crippen MR) is 65.2 cm³/mol. The molecule has 0 atom stereocenters. The van der Waals surface area contributed by atoms with Crippen LogP contribution in [0.4, 0.5) is 0 Å². The van der Waals surface area contributed by atoms with Gasteiger partial charge in [0.2, 0.25) is 11.7 Å². The van der Waals surface area contributed by atoms with E-state index in [1.165, 1.54) is 6.08 Å². The topological polar surface area (TPSA) is 63.2 Å². The number of allylic oxidation sites excluding steroid dienone is 3. The first-order valence-electron chi connectivity index (χ1n) is 5.29. The van der Waals surface area contributed by atoms with Gasteiger partial charge in [-0.05, 0) is 11.5 Å². The van der Waals surface area contributed by atoms with Gasteiger partial charge in [-0.2, -0.15) is 0 Å². The Morgan fingerprint density at radius 1 is 1.24 bits per heavy atom. The lowest BCUT2D eigenvalue weighted by molar-refractivity contribution is -0.120. The Morgan fingerprint density at radius 3 is 2.47 bits per heavy atom. The van der Waals surface area contributed by atoms with Gasteiger partial charge < -0.3 is 5.32 Å². The van der Waals surface area contributed by atoms with Crippen molar-refractivity contribution in [2.24, 2.45) is 5.41 Å². The Kier molecular flexibility index (Phi) is 2.73. The van der Waals surface area contributed by atoms with Gasteiger partial charge in [-0.25, -0.2) is 0 Å². The summed E-state index contributed by atoms with van der Waals surface area (Å²) in [5, 5.41) is 2.48. The fraction of sp³-hybridized carbons (Fsp3) is 0.417. The van der Waals surface area contributed by atoms with Gasteiger partial charge in [-0.3, -0.25) is 14.4 Å². The summed E-state index contributed by atoms with van der Waals surface area (Å²) >= 11 is 1.14. The third-order valence-electron chi connectivity index (χ3n) is 2.62. The zero-order valence-electron chi connectivity index (χ0n) is 9.92. The maximum Gasteiger partial charge on any atom is 0.234 e. The van der Waals surface area contributed by atoms with E-state index < -0.39 is 0 Å². The van der Waals surface area contributed by atoms with Crippen molar-refractivity contribution in [3.8, 4) is 0 Å². The average molecular weight is 251 g/mol. The van der Waals surface area contributed by atoms with Crippen molar-refractivity contribution in [1.82, 2.24) is 5.32 Å². The third kappa shape index (κ3) is 2.07. The van der Waals surface area contributed by atoms with Crippen LogP contribution in [0.15, 0.2) is 22.3 Å². The number of rotatable bonds is 0. The SMILES string of the molecule is CC(C)(C)C1=CC(=O)C2=C(SCC(=O)N2)C1=O. The predicted octanol–water partition coefficient (Wildman–Crippen LogP) is 1.19. The van der Waals surface area contributed by atoms with E-state index in [0.29, 0.717) is 10.5 Å². The Hall–Kier alpha value is -1.36. The second-order valence-electron chi connectivity index (χ2n) is 5.04. The largest absolute Gasteiger partial charge is 0.321 e. The highest BCUT2D eigenvalue weighted by atomic mass is 32.2. The Balaban J connectivity index is 2.45. The minimum atomic E-state index is -0.368. The molecular formula is C12H13NO3S. The molecule has 0 radical (unpaired) electrons. The monoisotopic (exact) mass is 251 g/mol. The zero-order valence-corrected chi connectivity index (χ0v) is 10.7. The standard InChI is InChI=1S/C12H13NO3S/c1-12(2,3)6-4-7(14)9-11(10(6)16)17-5-8(15)13-9/h4H,5H2,1-3H3,(H,13,15). The molecule has 1 aliphatic heterocycles. The van der Waals surface area contributed by atoms with E-state index >= 15 is 0 Å². The third-order valence-corrected chi connectivity index (χ3v) is 3.70. The fourth-order valence-electron chi connectivity index (χ4n) is 1.74. The molecule has 90 valence electrons. The lowest BCUT2D eigenvalue weighted by atomic mass is 9.80. The molecule has 0 saturated heterocycles. The molecule has 0 spiro atoms. The van der Waals surface area contributed by atoms with Crippen LogP contribution in [0.1, 0.15) is 20.8 Å². The van der Waals surface area contributed by atoms with Crippen molar-refractivity contribution in [1.29, 1.82) is 0 Å². The van der Waals surface area contributed by atoms with E-state index in [2.05, 4.69) is 5.32 Å². The number of hydrogen-bond acceptors (Lipinski definition) is 4. The second-order valence-corrected chi connectivity index (χ2v) is 6.03. The van der Waals surface area contributed by atoms with Crippen molar-refractivity contribution < 1.29 is 14.4 Å². The Labute approximate surface area is 104 Å². The molecule has 5 heteroatoms. The van der Waals surface area contributed by atoms with Crippen LogP contribution in [0.2, 0.25) is 0 Å². The molecule has 1 aliphatic carbocycles. The van der Waals surface area contributed by atoms with Crippen molar-refractivity contribution in [3.05, 3.63) is 22.3 Å². The number of thioether (sulfide) groups is 1. The van der Waals surface area contributed by atoms with Gasteiger partial charge in [0.1, 0.15) is 5.70 Å². The molecule has 0 bridgehead atoms. The fourth-order valence-corrected chi connectivity index (χ4v) is 2.63. The van der Waals surface area contributed by atoms with Gasteiger partial charge >= 0.3 is 0 Å². The van der Waals surface area contributed by atoms with E-state index in [9.17, 15) is 14.4 Å². The summed E-state index contributed by atoms with van der Waals surface area (Å²) in [6, 6.07) is 0. The van der Waals surface area contributed by atoms with E-state index in [4.69, 9.17) is 0 Å². The van der Waals surface area contributed by atoms with E-state index in [0.717, 1.165) is 11.8 Å². The quantitative estimate of drug-likeness (QED) is 0.657. The van der Waals surface area contributed by atoms with Crippen LogP contribution in [-0.4, -0.2) is 23.2 Å². The highest BCUT2D eigenvalue weighted by molar-refractivity contribution is 8.04. The minimum Gasteiger partial charge on any atom is -0.321 e. The Bertz CT molecular complexity index is 494. The molecular weight excluding hydrogens is 238 g/mol. The van der Waals surface area contributed by atoms with E-state index in [-0.39, 0.29) is 34.3 Å². The highest BCUT2D eigenvalue weighted by Crippen LogP contribution is 2.37. The molecule has 2 rings (SSSR count). The number of carbonyl (C=O) groups excluding carboxylic acids is 3. The van der Waals surface area contributed by atoms with Gasteiger partial charge in [0, 0.05) is 5.57 Å². The lowest BCUT2D eigenvalue weighted by Gasteiger charge is -2.28. The van der Waals surface area contributed by atoms with Crippen molar-refractivity contribution in [2.75, 3.05) is 5.75 Å². The second kappa shape index (κ2) is 3.84. The van der Waals surface area contributed by atoms with E-state index in [1.54, 1.807) is 0 Å². The van der Waals surface area contributed by atoms with Crippen LogP contribution < -0.4 is 5.32 Å². The smallest absolute Gasteiger partial charge is 0.234 e. The molecule has 0 saturated carbocycles. The van der Waals surface area contributed by atoms with Gasteiger partial charge in [-0.15, -0.1) is 11.8 Å². The molecule has 0 fully saturated rings. The minimum absolute atomic E-state index is 0.142. The highest BCUT2D eigenvalue weighted by Gasteiger charge is 2.37. The summed E-state index contributed by atoms with van der Waals surface area (Å²) in [6.45, 7) is 5.67. The molecule has 1 N–H and O–H groups in total. The summed E-state index contributed by atoms with van der Waals surface area (Å²) < 4.78 is 0. The van der Waals surface area contributed by atoms with Crippen molar-refractivity contribution in [3.63, 3.8) is 0 Å². The van der Waals surface area contributed by atoms with Crippen LogP contribution in [0.25, 0.3) is 0 Å². The summed E-state index contributed by atoms with van der Waals surface area (Å²) in [6.07, 6.45) is 1.34. The van der Waals surface area contributed by atoms with Crippen LogP contribution in [0.5, 0.6) is 0 Å². The number of nitrogens with one attached hydrogen (secondary N) is 1. The first-order chi connectivity index (χ1) is 7.80. The zero-order chi connectivity index (χ0) is 12.8. The molecule has 0 aromatic heterocycles. The van der Waals surface area contributed by atoms with Gasteiger partial charge in [-0.1, -0.05) is 20.8 Å². The molecule has 0 unspecified atom stereocenters. The summed E-state index contributed by atoms with van der Waals surface area (Å²) in [7, 11) is 0. The first-order valence-corrected chi connectivity index (χ1v) is 6.27. The van der Waals surface area contributed by atoms with Gasteiger partial charge in [0.05, 0.1) is 10.7 Å². The number of amides is 1. The van der Waals surface area contributed by atoms with Gasteiger partial charge in [0.25, 0.3) is 0 Å². The summed E-state index contributed by atoms with van der Waals surface area (Å²) in [4.78, 5) is 35.6. The molecule has 17 heavy (non-hydrogen) atoms. The van der Waals surface area contributed by atoms with Crippen molar-refractivity contribution in [2.45, 2.75) is 20.8 Å².